The van der Waals surface area contributed by atoms with Crippen LogP contribution in [-0.4, -0.2) is 33.0 Å². The van der Waals surface area contributed by atoms with Crippen molar-refractivity contribution in [2.75, 3.05) is 7.05 Å². The highest BCUT2D eigenvalue weighted by molar-refractivity contribution is 7.71. The first-order valence-electron chi connectivity index (χ1n) is 8.18. The smallest absolute Gasteiger partial charge is 0.273 e. The molecule has 1 aromatic heterocycles. The largest absolute Gasteiger partial charge is 0.341 e. The van der Waals surface area contributed by atoms with Gasteiger partial charge in [-0.1, -0.05) is 45.0 Å². The quantitative estimate of drug-likeness (QED) is 0.803. The van der Waals surface area contributed by atoms with Crippen molar-refractivity contribution in [3.05, 3.63) is 56.2 Å². The molecule has 0 aliphatic heterocycles. The number of carbonyl (C=O) groups excluding carboxylic acids is 1. The summed E-state index contributed by atoms with van der Waals surface area (Å²) in [4.78, 5) is 28.1. The number of carbonyl (C=O) groups is 1. The fraction of sp³-hybridized carbons (Fsp3) is 0.444. The van der Waals surface area contributed by atoms with Crippen molar-refractivity contribution >= 4 is 18.1 Å². The van der Waals surface area contributed by atoms with Crippen LogP contribution in [0.15, 0.2) is 29.1 Å². The third-order valence-electron chi connectivity index (χ3n) is 4.02. The molecule has 0 aliphatic rings. The van der Waals surface area contributed by atoms with Crippen molar-refractivity contribution in [3.63, 3.8) is 0 Å². The molecule has 0 aliphatic carbocycles. The molecule has 1 heterocycles. The first-order valence-corrected chi connectivity index (χ1v) is 8.59. The Morgan fingerprint density at radius 2 is 1.88 bits per heavy atom. The topological polar surface area (TPSA) is 81.8 Å². The van der Waals surface area contributed by atoms with Crippen molar-refractivity contribution in [1.29, 1.82) is 0 Å². The number of aromatic amines is 2. The van der Waals surface area contributed by atoms with Crippen molar-refractivity contribution in [1.82, 2.24) is 20.1 Å². The number of hydrogen-bond acceptors (Lipinski definition) is 4. The fourth-order valence-electron chi connectivity index (χ4n) is 2.43. The molecule has 0 unspecified atom stereocenters. The summed E-state index contributed by atoms with van der Waals surface area (Å²) in [6.07, 6.45) is 0.491. The van der Waals surface area contributed by atoms with Gasteiger partial charge in [0.2, 0.25) is 5.91 Å². The molecule has 0 atom stereocenters. The molecule has 1 aromatic carbocycles. The number of amides is 1. The summed E-state index contributed by atoms with van der Waals surface area (Å²) >= 11 is 4.79. The van der Waals surface area contributed by atoms with E-state index in [1.807, 2.05) is 12.1 Å². The van der Waals surface area contributed by atoms with Crippen molar-refractivity contribution in [3.8, 4) is 0 Å². The van der Waals surface area contributed by atoms with Gasteiger partial charge in [-0.25, -0.2) is 0 Å². The number of nitrogens with one attached hydrogen (secondary N) is 2. The Hall–Kier alpha value is -2.28. The van der Waals surface area contributed by atoms with Crippen LogP contribution in [0.2, 0.25) is 0 Å². The standard InChI is InChI=1S/C18H24N4O2S/c1-18(2,3)13-7-5-12(6-8-13)11-22(4)15(23)10-9-14-16(24)19-17(25)21-20-14/h5-8H,9-11H2,1-4H3,(H2,19,21,24,25). The number of rotatable bonds is 5. The molecule has 2 N–H and O–H groups in total. The highest BCUT2D eigenvalue weighted by atomic mass is 32.1. The highest BCUT2D eigenvalue weighted by Gasteiger charge is 2.14. The fourth-order valence-corrected chi connectivity index (χ4v) is 2.57. The average molecular weight is 360 g/mol. The van der Waals surface area contributed by atoms with E-state index in [2.05, 4.69) is 48.1 Å². The summed E-state index contributed by atoms with van der Waals surface area (Å²) in [5.74, 6) is -0.0384. The summed E-state index contributed by atoms with van der Waals surface area (Å²) in [6.45, 7) is 7.04. The highest BCUT2D eigenvalue weighted by Crippen LogP contribution is 2.22. The predicted molar refractivity (Wildman–Crippen MR) is 100.0 cm³/mol. The Morgan fingerprint density at radius 3 is 2.44 bits per heavy atom. The monoisotopic (exact) mass is 360 g/mol. The number of H-pyrrole nitrogens is 2. The molecule has 0 bridgehead atoms. The minimum atomic E-state index is -0.350. The Morgan fingerprint density at radius 1 is 1.24 bits per heavy atom. The van der Waals surface area contributed by atoms with Crippen LogP contribution < -0.4 is 5.56 Å². The lowest BCUT2D eigenvalue weighted by Crippen LogP contribution is -2.27. The summed E-state index contributed by atoms with van der Waals surface area (Å²) < 4.78 is 0.177. The lowest BCUT2D eigenvalue weighted by atomic mass is 9.87. The van der Waals surface area contributed by atoms with Crippen molar-refractivity contribution < 1.29 is 4.79 Å². The molecular formula is C18H24N4O2S. The van der Waals surface area contributed by atoms with Crippen LogP contribution in [0.3, 0.4) is 0 Å². The zero-order chi connectivity index (χ0) is 18.6. The van der Waals surface area contributed by atoms with E-state index in [4.69, 9.17) is 12.2 Å². The van der Waals surface area contributed by atoms with Gasteiger partial charge in [0.1, 0.15) is 5.69 Å². The van der Waals surface area contributed by atoms with Crippen LogP contribution in [0.1, 0.15) is 44.0 Å². The van der Waals surface area contributed by atoms with Gasteiger partial charge in [-0.05, 0) is 28.8 Å². The molecular weight excluding hydrogens is 336 g/mol. The maximum Gasteiger partial charge on any atom is 0.273 e. The maximum atomic E-state index is 12.3. The zero-order valence-electron chi connectivity index (χ0n) is 15.0. The van der Waals surface area contributed by atoms with Gasteiger partial charge in [0.15, 0.2) is 4.77 Å². The third-order valence-corrected chi connectivity index (χ3v) is 4.22. The molecule has 134 valence electrons. The molecule has 25 heavy (non-hydrogen) atoms. The number of nitrogens with zero attached hydrogens (tertiary/aromatic N) is 2. The summed E-state index contributed by atoms with van der Waals surface area (Å²) in [7, 11) is 1.76. The Bertz CT molecular complexity index is 847. The van der Waals surface area contributed by atoms with Crippen LogP contribution in [0, 0.1) is 4.77 Å². The molecule has 0 saturated carbocycles. The molecule has 1 amide bonds. The number of aromatic nitrogens is 3. The summed E-state index contributed by atoms with van der Waals surface area (Å²) in [5.41, 5.74) is 2.38. The molecule has 7 heteroatoms. The van der Waals surface area contributed by atoms with Crippen LogP contribution in [0.25, 0.3) is 0 Å². The van der Waals surface area contributed by atoms with Crippen LogP contribution >= 0.6 is 12.2 Å². The maximum absolute atomic E-state index is 12.3. The van der Waals surface area contributed by atoms with E-state index in [0.717, 1.165) is 5.56 Å². The molecule has 2 rings (SSSR count). The van der Waals surface area contributed by atoms with Crippen molar-refractivity contribution in [2.45, 2.75) is 45.6 Å². The van der Waals surface area contributed by atoms with Gasteiger partial charge in [-0.3, -0.25) is 19.7 Å². The molecule has 2 aromatic rings. The lowest BCUT2D eigenvalue weighted by molar-refractivity contribution is -0.130. The predicted octanol–water partition coefficient (Wildman–Crippen LogP) is 2.72. The van der Waals surface area contributed by atoms with Crippen molar-refractivity contribution in [2.24, 2.45) is 0 Å². The minimum Gasteiger partial charge on any atom is -0.341 e. The van der Waals surface area contributed by atoms with E-state index in [9.17, 15) is 9.59 Å². The molecule has 0 radical (unpaired) electrons. The van der Waals surface area contributed by atoms with Gasteiger partial charge in [-0.15, -0.1) is 0 Å². The Kier molecular flexibility index (Phi) is 5.89. The van der Waals surface area contributed by atoms with Gasteiger partial charge in [-0.2, -0.15) is 5.10 Å². The van der Waals surface area contributed by atoms with Gasteiger partial charge in [0.05, 0.1) is 0 Å². The van der Waals surface area contributed by atoms with Crippen LogP contribution in [0.4, 0.5) is 0 Å². The second-order valence-electron chi connectivity index (χ2n) is 7.15. The second kappa shape index (κ2) is 7.74. The van der Waals surface area contributed by atoms with Crippen LogP contribution in [0.5, 0.6) is 0 Å². The van der Waals surface area contributed by atoms with E-state index in [0.29, 0.717) is 6.54 Å². The Balaban J connectivity index is 1.94. The lowest BCUT2D eigenvalue weighted by Gasteiger charge is -2.21. The number of aryl methyl sites for hydroxylation is 1. The second-order valence-corrected chi connectivity index (χ2v) is 7.56. The van der Waals surface area contributed by atoms with E-state index in [1.54, 1.807) is 11.9 Å². The molecule has 0 spiro atoms. The number of benzene rings is 1. The number of hydrogen-bond donors (Lipinski definition) is 2. The normalized spacial score (nSPS) is 11.4. The third kappa shape index (κ3) is 5.35. The first kappa shape index (κ1) is 19.1. The summed E-state index contributed by atoms with van der Waals surface area (Å²) in [6, 6.07) is 8.30. The van der Waals surface area contributed by atoms with Gasteiger partial charge < -0.3 is 4.90 Å². The summed E-state index contributed by atoms with van der Waals surface area (Å²) in [5, 5.41) is 6.42. The van der Waals surface area contributed by atoms with Gasteiger partial charge in [0, 0.05) is 26.4 Å². The van der Waals surface area contributed by atoms with Gasteiger partial charge in [0.25, 0.3) is 5.56 Å². The Labute approximate surface area is 152 Å². The first-order chi connectivity index (χ1) is 11.7. The van der Waals surface area contributed by atoms with E-state index in [-0.39, 0.29) is 40.2 Å². The van der Waals surface area contributed by atoms with E-state index < -0.39 is 0 Å². The minimum absolute atomic E-state index is 0.0384. The van der Waals surface area contributed by atoms with Crippen LogP contribution in [-0.2, 0) is 23.2 Å². The van der Waals surface area contributed by atoms with Gasteiger partial charge >= 0.3 is 0 Å². The SMILES string of the molecule is CN(Cc1ccc(C(C)(C)C)cc1)C(=O)CCc1n[nH]c(=S)[nH]c1=O. The average Bonchev–Trinajstić information content (AvgIpc) is 2.53. The molecule has 6 nitrogen and oxygen atoms in total. The van der Waals surface area contributed by atoms with E-state index >= 15 is 0 Å². The molecule has 0 fully saturated rings. The van der Waals surface area contributed by atoms with E-state index in [1.165, 1.54) is 5.56 Å². The zero-order valence-corrected chi connectivity index (χ0v) is 15.9. The molecule has 0 saturated heterocycles.